The Kier molecular flexibility index (Phi) is 5.99. The summed E-state index contributed by atoms with van der Waals surface area (Å²) in [6, 6.07) is 5.01. The van der Waals surface area contributed by atoms with Crippen LogP contribution in [0.4, 0.5) is 5.69 Å². The summed E-state index contributed by atoms with van der Waals surface area (Å²) in [7, 11) is 0. The first kappa shape index (κ1) is 22.0. The average molecular weight is 442 g/mol. The van der Waals surface area contributed by atoms with E-state index in [1.807, 2.05) is 0 Å². The molecule has 0 aromatic heterocycles. The number of benzene rings is 1. The minimum absolute atomic E-state index is 0.232. The van der Waals surface area contributed by atoms with Gasteiger partial charge in [-0.25, -0.2) is 9.59 Å². The van der Waals surface area contributed by atoms with E-state index in [1.165, 1.54) is 31.2 Å². The number of imide groups is 1. The number of likely N-dealkylation sites (tertiary alicyclic amines) is 1. The lowest BCUT2D eigenvalue weighted by Crippen LogP contribution is -2.45. The third-order valence-electron chi connectivity index (χ3n) is 6.72. The minimum atomic E-state index is -1.07. The van der Waals surface area contributed by atoms with Crippen LogP contribution >= 0.6 is 0 Å². The second-order valence-corrected chi connectivity index (χ2v) is 8.56. The molecule has 1 aromatic carbocycles. The molecule has 9 nitrogen and oxygen atoms in total. The molecule has 9 heteroatoms. The predicted molar refractivity (Wildman–Crippen MR) is 111 cm³/mol. The number of rotatable bonds is 7. The van der Waals surface area contributed by atoms with Crippen LogP contribution in [0.1, 0.15) is 43.5 Å². The minimum Gasteiger partial charge on any atom is -0.462 e. The van der Waals surface area contributed by atoms with Crippen molar-refractivity contribution in [3.63, 3.8) is 0 Å². The van der Waals surface area contributed by atoms with Crippen LogP contribution in [0.3, 0.4) is 0 Å². The molecule has 1 heterocycles. The summed E-state index contributed by atoms with van der Waals surface area (Å²) in [6.07, 6.45) is 2.83. The molecule has 3 amide bonds. The predicted octanol–water partition coefficient (Wildman–Crippen LogP) is 1.76. The highest BCUT2D eigenvalue weighted by molar-refractivity contribution is 6.08. The van der Waals surface area contributed by atoms with Crippen LogP contribution in [-0.2, 0) is 28.7 Å². The molecule has 0 spiro atoms. The van der Waals surface area contributed by atoms with Gasteiger partial charge < -0.3 is 14.8 Å². The van der Waals surface area contributed by atoms with Crippen molar-refractivity contribution in [2.24, 2.45) is 23.7 Å². The van der Waals surface area contributed by atoms with Crippen molar-refractivity contribution in [3.05, 3.63) is 29.8 Å². The van der Waals surface area contributed by atoms with E-state index in [-0.39, 0.29) is 42.1 Å². The summed E-state index contributed by atoms with van der Waals surface area (Å²) in [4.78, 5) is 62.9. The molecule has 4 rings (SSSR count). The van der Waals surface area contributed by atoms with Gasteiger partial charge in [-0.05, 0) is 69.2 Å². The Morgan fingerprint density at radius 1 is 1.03 bits per heavy atom. The highest BCUT2D eigenvalue weighted by Crippen LogP contribution is 2.56. The number of hydrogen-bond donors (Lipinski definition) is 1. The van der Waals surface area contributed by atoms with E-state index in [2.05, 4.69) is 5.32 Å². The molecule has 2 aliphatic carbocycles. The zero-order valence-electron chi connectivity index (χ0n) is 18.0. The Labute approximate surface area is 185 Å². The Morgan fingerprint density at radius 2 is 1.62 bits per heavy atom. The van der Waals surface area contributed by atoms with Crippen LogP contribution in [-0.4, -0.2) is 53.8 Å². The van der Waals surface area contributed by atoms with Crippen molar-refractivity contribution in [1.82, 2.24) is 4.90 Å². The topological polar surface area (TPSA) is 119 Å². The molecule has 1 N–H and O–H groups in total. The molecule has 1 aromatic rings. The van der Waals surface area contributed by atoms with Gasteiger partial charge in [0.15, 0.2) is 6.61 Å². The van der Waals surface area contributed by atoms with Gasteiger partial charge in [-0.2, -0.15) is 0 Å². The fourth-order valence-electron chi connectivity index (χ4n) is 5.28. The van der Waals surface area contributed by atoms with Crippen LogP contribution in [0, 0.1) is 23.7 Å². The standard InChI is InChI=1S/C23H26N2O7/c1-3-31-23(30)13-6-8-16(9-7-13)24-17(26)11-32-22(29)12(2)25-20(27)18-14-4-5-15(10-14)19(18)21(25)28/h6-9,12,14-15,18-19H,3-5,10-11H2,1-2H3,(H,24,26)/t12-,14-,15-,18+,19+/m0/s1. The van der Waals surface area contributed by atoms with Gasteiger partial charge >= 0.3 is 11.9 Å². The first-order valence-corrected chi connectivity index (χ1v) is 10.9. The fourth-order valence-corrected chi connectivity index (χ4v) is 5.28. The number of fused-ring (bicyclic) bond motifs is 5. The van der Waals surface area contributed by atoms with Crippen LogP contribution in [0.25, 0.3) is 0 Å². The van der Waals surface area contributed by atoms with Crippen molar-refractivity contribution in [3.8, 4) is 0 Å². The molecular weight excluding hydrogens is 416 g/mol. The highest BCUT2D eigenvalue weighted by Gasteiger charge is 2.62. The van der Waals surface area contributed by atoms with Gasteiger partial charge in [-0.1, -0.05) is 0 Å². The first-order chi connectivity index (χ1) is 15.3. The summed E-state index contributed by atoms with van der Waals surface area (Å²) in [5.41, 5.74) is 0.767. The maximum atomic E-state index is 12.8. The van der Waals surface area contributed by atoms with Crippen molar-refractivity contribution >= 4 is 35.3 Å². The van der Waals surface area contributed by atoms with E-state index >= 15 is 0 Å². The van der Waals surface area contributed by atoms with E-state index in [1.54, 1.807) is 6.92 Å². The van der Waals surface area contributed by atoms with E-state index in [0.29, 0.717) is 11.3 Å². The van der Waals surface area contributed by atoms with Gasteiger partial charge in [0, 0.05) is 5.69 Å². The monoisotopic (exact) mass is 442 g/mol. The number of carbonyl (C=O) groups excluding carboxylic acids is 5. The number of ether oxygens (including phenoxy) is 2. The van der Waals surface area contributed by atoms with Gasteiger partial charge in [0.25, 0.3) is 5.91 Å². The zero-order chi connectivity index (χ0) is 23.0. The summed E-state index contributed by atoms with van der Waals surface area (Å²) in [5.74, 6) is -2.57. The number of nitrogens with zero attached hydrogens (tertiary/aromatic N) is 1. The summed E-state index contributed by atoms with van der Waals surface area (Å²) >= 11 is 0. The number of carbonyl (C=O) groups is 5. The van der Waals surface area contributed by atoms with Crippen LogP contribution in [0.2, 0.25) is 0 Å². The summed E-state index contributed by atoms with van der Waals surface area (Å²) < 4.78 is 9.96. The molecule has 170 valence electrons. The van der Waals surface area contributed by atoms with Gasteiger partial charge in [0.1, 0.15) is 6.04 Å². The Hall–Kier alpha value is -3.23. The molecule has 2 saturated carbocycles. The highest BCUT2D eigenvalue weighted by atomic mass is 16.5. The molecule has 2 bridgehead atoms. The van der Waals surface area contributed by atoms with Crippen LogP contribution < -0.4 is 5.32 Å². The lowest BCUT2D eigenvalue weighted by molar-refractivity contribution is -0.159. The smallest absolute Gasteiger partial charge is 0.338 e. The second kappa shape index (κ2) is 8.72. The number of esters is 2. The van der Waals surface area contributed by atoms with Crippen molar-refractivity contribution < 1.29 is 33.4 Å². The summed E-state index contributed by atoms with van der Waals surface area (Å²) in [6.45, 7) is 2.86. The third kappa shape index (κ3) is 3.87. The first-order valence-electron chi connectivity index (χ1n) is 10.9. The molecule has 0 unspecified atom stereocenters. The summed E-state index contributed by atoms with van der Waals surface area (Å²) in [5, 5.41) is 2.56. The van der Waals surface area contributed by atoms with Crippen LogP contribution in [0.15, 0.2) is 24.3 Å². The van der Waals surface area contributed by atoms with E-state index in [9.17, 15) is 24.0 Å². The van der Waals surface area contributed by atoms with E-state index in [4.69, 9.17) is 9.47 Å². The maximum Gasteiger partial charge on any atom is 0.338 e. The van der Waals surface area contributed by atoms with Crippen molar-refractivity contribution in [2.75, 3.05) is 18.5 Å². The van der Waals surface area contributed by atoms with Crippen LogP contribution in [0.5, 0.6) is 0 Å². The largest absolute Gasteiger partial charge is 0.462 e. The lowest BCUT2D eigenvalue weighted by atomic mass is 9.81. The van der Waals surface area contributed by atoms with E-state index in [0.717, 1.165) is 24.2 Å². The lowest BCUT2D eigenvalue weighted by Gasteiger charge is -2.23. The average Bonchev–Trinajstić information content (AvgIpc) is 3.46. The Bertz CT molecular complexity index is 930. The molecule has 0 radical (unpaired) electrons. The number of anilines is 1. The van der Waals surface area contributed by atoms with Gasteiger partial charge in [-0.15, -0.1) is 0 Å². The Morgan fingerprint density at radius 3 is 2.19 bits per heavy atom. The number of hydrogen-bond acceptors (Lipinski definition) is 7. The van der Waals surface area contributed by atoms with Crippen molar-refractivity contribution in [1.29, 1.82) is 0 Å². The molecule has 5 atom stereocenters. The normalized spacial score (nSPS) is 26.6. The maximum absolute atomic E-state index is 12.8. The second-order valence-electron chi connectivity index (χ2n) is 8.56. The third-order valence-corrected chi connectivity index (χ3v) is 6.72. The quantitative estimate of drug-likeness (QED) is 0.505. The fraction of sp³-hybridized carbons (Fsp3) is 0.522. The molecule has 3 aliphatic rings. The van der Waals surface area contributed by atoms with Gasteiger partial charge in [-0.3, -0.25) is 19.3 Å². The molecule has 1 saturated heterocycles. The molecule has 3 fully saturated rings. The molecule has 1 aliphatic heterocycles. The van der Waals surface area contributed by atoms with E-state index < -0.39 is 30.5 Å². The molecule has 32 heavy (non-hydrogen) atoms. The van der Waals surface area contributed by atoms with Gasteiger partial charge in [0.05, 0.1) is 24.0 Å². The Balaban J connectivity index is 1.29. The van der Waals surface area contributed by atoms with Gasteiger partial charge in [0.2, 0.25) is 11.8 Å². The van der Waals surface area contributed by atoms with Crippen molar-refractivity contribution in [2.45, 2.75) is 39.2 Å². The number of amides is 3. The zero-order valence-corrected chi connectivity index (χ0v) is 18.0. The number of nitrogens with one attached hydrogen (secondary N) is 1. The molecular formula is C23H26N2O7. The SMILES string of the molecule is CCOC(=O)c1ccc(NC(=O)COC(=O)[C@H](C)N2C(=O)[C@@H]3[C@H]4CC[C@@H](C4)[C@H]3C2=O)cc1.